The van der Waals surface area contributed by atoms with Gasteiger partial charge in [0, 0.05) is 25.6 Å². The maximum absolute atomic E-state index is 6.11. The molecule has 0 aromatic carbocycles. The van der Waals surface area contributed by atoms with E-state index in [-0.39, 0.29) is 0 Å². The van der Waals surface area contributed by atoms with Gasteiger partial charge in [-0.3, -0.25) is 0 Å². The highest BCUT2D eigenvalue weighted by molar-refractivity contribution is 6.29. The number of anilines is 1. The first kappa shape index (κ1) is 14.6. The van der Waals surface area contributed by atoms with Crippen LogP contribution in [0.25, 0.3) is 0 Å². The Morgan fingerprint density at radius 1 is 1.26 bits per heavy atom. The van der Waals surface area contributed by atoms with E-state index in [1.165, 1.54) is 25.7 Å². The molecule has 0 saturated heterocycles. The average Bonchev–Trinajstić information content (AvgIpc) is 2.38. The molecule has 0 atom stereocenters. The molecule has 1 saturated carbocycles. The summed E-state index contributed by atoms with van der Waals surface area (Å²) < 4.78 is 0. The van der Waals surface area contributed by atoms with Crippen LogP contribution in [0.15, 0.2) is 6.07 Å². The van der Waals surface area contributed by atoms with E-state index in [9.17, 15) is 0 Å². The van der Waals surface area contributed by atoms with E-state index < -0.39 is 0 Å². The van der Waals surface area contributed by atoms with Crippen LogP contribution in [0.5, 0.6) is 0 Å². The predicted molar refractivity (Wildman–Crippen MR) is 80.9 cm³/mol. The number of nitrogens with zero attached hydrogens (tertiary/aromatic N) is 3. The van der Waals surface area contributed by atoms with Crippen molar-refractivity contribution in [2.45, 2.75) is 58.4 Å². The van der Waals surface area contributed by atoms with Crippen LogP contribution in [-0.4, -0.2) is 23.1 Å². The normalized spacial score (nSPS) is 23.4. The first-order valence-electron chi connectivity index (χ1n) is 7.36. The van der Waals surface area contributed by atoms with Crippen molar-refractivity contribution in [2.75, 3.05) is 11.9 Å². The number of aromatic nitrogens is 2. The number of halogens is 1. The van der Waals surface area contributed by atoms with Gasteiger partial charge in [0.25, 0.3) is 0 Å². The second-order valence-electron chi connectivity index (χ2n) is 5.74. The van der Waals surface area contributed by atoms with Crippen molar-refractivity contribution < 1.29 is 0 Å². The predicted octanol–water partition coefficient (Wildman–Crippen LogP) is 4.10. The van der Waals surface area contributed by atoms with Crippen molar-refractivity contribution in [1.82, 2.24) is 9.97 Å². The molecule has 4 heteroatoms. The summed E-state index contributed by atoms with van der Waals surface area (Å²) in [5.74, 6) is 2.71. The topological polar surface area (TPSA) is 29.0 Å². The quantitative estimate of drug-likeness (QED) is 0.778. The van der Waals surface area contributed by atoms with Crippen LogP contribution in [0.4, 0.5) is 5.82 Å². The molecule has 0 N–H and O–H groups in total. The molecule has 19 heavy (non-hydrogen) atoms. The minimum atomic E-state index is 0.560. The molecule has 0 bridgehead atoms. The third kappa shape index (κ3) is 3.82. The third-order valence-electron chi connectivity index (χ3n) is 4.10. The standard InChI is InChI=1S/C15H24ClN3/c1-4-5-14-17-13(16)10-15(18-14)19(3)12-8-6-11(2)7-9-12/h10-12H,4-9H2,1-3H3. The molecular weight excluding hydrogens is 258 g/mol. The zero-order valence-electron chi connectivity index (χ0n) is 12.2. The maximum Gasteiger partial charge on any atom is 0.134 e. The van der Waals surface area contributed by atoms with Crippen LogP contribution in [0.2, 0.25) is 5.15 Å². The van der Waals surface area contributed by atoms with Crippen LogP contribution in [0, 0.1) is 5.92 Å². The van der Waals surface area contributed by atoms with Gasteiger partial charge < -0.3 is 4.90 Å². The summed E-state index contributed by atoms with van der Waals surface area (Å²) in [7, 11) is 2.13. The van der Waals surface area contributed by atoms with Crippen molar-refractivity contribution in [2.24, 2.45) is 5.92 Å². The fraction of sp³-hybridized carbons (Fsp3) is 0.733. The number of rotatable bonds is 4. The van der Waals surface area contributed by atoms with E-state index in [4.69, 9.17) is 11.6 Å². The number of aryl methyl sites for hydroxylation is 1. The summed E-state index contributed by atoms with van der Waals surface area (Å²) in [5.41, 5.74) is 0. The van der Waals surface area contributed by atoms with Crippen molar-refractivity contribution in [1.29, 1.82) is 0 Å². The summed E-state index contributed by atoms with van der Waals surface area (Å²) in [5, 5.41) is 0.560. The van der Waals surface area contributed by atoms with Crippen LogP contribution in [0.3, 0.4) is 0 Å². The highest BCUT2D eigenvalue weighted by atomic mass is 35.5. The first-order chi connectivity index (χ1) is 9.10. The van der Waals surface area contributed by atoms with Gasteiger partial charge in [0.2, 0.25) is 0 Å². The van der Waals surface area contributed by atoms with Gasteiger partial charge in [0.05, 0.1) is 0 Å². The lowest BCUT2D eigenvalue weighted by atomic mass is 9.87. The van der Waals surface area contributed by atoms with Gasteiger partial charge in [0.15, 0.2) is 0 Å². The first-order valence-corrected chi connectivity index (χ1v) is 7.74. The molecule has 0 spiro atoms. The molecule has 106 valence electrons. The lowest BCUT2D eigenvalue weighted by Crippen LogP contribution is -2.35. The van der Waals surface area contributed by atoms with Gasteiger partial charge in [-0.2, -0.15) is 0 Å². The largest absolute Gasteiger partial charge is 0.357 e. The second kappa shape index (κ2) is 6.56. The zero-order chi connectivity index (χ0) is 13.8. The Morgan fingerprint density at radius 2 is 1.95 bits per heavy atom. The summed E-state index contributed by atoms with van der Waals surface area (Å²) in [6.07, 6.45) is 7.07. The number of hydrogen-bond donors (Lipinski definition) is 0. The lowest BCUT2D eigenvalue weighted by Gasteiger charge is -2.34. The smallest absolute Gasteiger partial charge is 0.134 e. The van der Waals surface area contributed by atoms with E-state index in [0.29, 0.717) is 11.2 Å². The Morgan fingerprint density at radius 3 is 2.58 bits per heavy atom. The Hall–Kier alpha value is -0.830. The molecule has 0 aliphatic heterocycles. The zero-order valence-corrected chi connectivity index (χ0v) is 13.0. The molecule has 3 nitrogen and oxygen atoms in total. The minimum absolute atomic E-state index is 0.560. The fourth-order valence-electron chi connectivity index (χ4n) is 2.78. The van der Waals surface area contributed by atoms with Crippen LogP contribution >= 0.6 is 11.6 Å². The van der Waals surface area contributed by atoms with Gasteiger partial charge >= 0.3 is 0 Å². The monoisotopic (exact) mass is 281 g/mol. The molecule has 0 radical (unpaired) electrons. The maximum atomic E-state index is 6.11. The third-order valence-corrected chi connectivity index (χ3v) is 4.29. The van der Waals surface area contributed by atoms with Gasteiger partial charge in [-0.25, -0.2) is 9.97 Å². The summed E-state index contributed by atoms with van der Waals surface area (Å²) in [4.78, 5) is 11.2. The van der Waals surface area contributed by atoms with E-state index in [1.54, 1.807) is 0 Å². The summed E-state index contributed by atoms with van der Waals surface area (Å²) in [6, 6.07) is 2.48. The van der Waals surface area contributed by atoms with Crippen molar-refractivity contribution >= 4 is 17.4 Å². The van der Waals surface area contributed by atoms with Crippen LogP contribution < -0.4 is 4.90 Å². The second-order valence-corrected chi connectivity index (χ2v) is 6.13. The van der Waals surface area contributed by atoms with Crippen LogP contribution in [0.1, 0.15) is 51.8 Å². The molecule has 1 heterocycles. The molecule has 1 aliphatic rings. The van der Waals surface area contributed by atoms with Gasteiger partial charge in [0.1, 0.15) is 16.8 Å². The average molecular weight is 282 g/mol. The van der Waals surface area contributed by atoms with Crippen LogP contribution in [-0.2, 0) is 6.42 Å². The van der Waals surface area contributed by atoms with Crippen molar-refractivity contribution in [3.05, 3.63) is 17.0 Å². The molecule has 2 rings (SSSR count). The van der Waals surface area contributed by atoms with E-state index in [2.05, 4.69) is 35.8 Å². The molecular formula is C15H24ClN3. The summed E-state index contributed by atoms with van der Waals surface area (Å²) in [6.45, 7) is 4.48. The molecule has 1 fully saturated rings. The Bertz CT molecular complexity index is 414. The molecule has 1 aromatic rings. The molecule has 0 amide bonds. The lowest BCUT2D eigenvalue weighted by molar-refractivity contribution is 0.340. The molecule has 1 aromatic heterocycles. The van der Waals surface area contributed by atoms with Gasteiger partial charge in [-0.15, -0.1) is 0 Å². The van der Waals surface area contributed by atoms with E-state index in [1.807, 2.05) is 6.07 Å². The highest BCUT2D eigenvalue weighted by Gasteiger charge is 2.23. The van der Waals surface area contributed by atoms with Crippen molar-refractivity contribution in [3.63, 3.8) is 0 Å². The summed E-state index contributed by atoms with van der Waals surface area (Å²) >= 11 is 6.11. The van der Waals surface area contributed by atoms with Gasteiger partial charge in [-0.05, 0) is 38.0 Å². The Kier molecular flexibility index (Phi) is 5.03. The molecule has 0 unspecified atom stereocenters. The van der Waals surface area contributed by atoms with Crippen molar-refractivity contribution in [3.8, 4) is 0 Å². The number of hydrogen-bond acceptors (Lipinski definition) is 3. The van der Waals surface area contributed by atoms with Gasteiger partial charge in [-0.1, -0.05) is 25.4 Å². The Balaban J connectivity index is 2.11. The SMILES string of the molecule is CCCc1nc(Cl)cc(N(C)C2CCC(C)CC2)n1. The fourth-order valence-corrected chi connectivity index (χ4v) is 2.98. The van der Waals surface area contributed by atoms with E-state index in [0.717, 1.165) is 30.4 Å². The molecule has 1 aliphatic carbocycles. The highest BCUT2D eigenvalue weighted by Crippen LogP contribution is 2.29. The minimum Gasteiger partial charge on any atom is -0.357 e. The van der Waals surface area contributed by atoms with E-state index >= 15 is 0 Å². The Labute approximate surface area is 121 Å².